The van der Waals surface area contributed by atoms with Crippen molar-refractivity contribution in [2.45, 2.75) is 19.4 Å². The number of nitrogens with zero attached hydrogens (tertiary/aromatic N) is 3. The Balaban J connectivity index is 1.95. The Labute approximate surface area is 119 Å². The molecule has 112 valence electrons. The van der Waals surface area contributed by atoms with Crippen molar-refractivity contribution in [2.75, 3.05) is 11.9 Å². The molecule has 1 aromatic heterocycles. The van der Waals surface area contributed by atoms with Crippen molar-refractivity contribution in [3.63, 3.8) is 0 Å². The lowest BCUT2D eigenvalue weighted by Gasteiger charge is -2.06. The number of nitrogens with one attached hydrogen (secondary N) is 1. The number of aryl methyl sites for hydroxylation is 1. The van der Waals surface area contributed by atoms with Gasteiger partial charge in [0.2, 0.25) is 5.91 Å². The molecule has 1 aromatic carbocycles. The molecule has 0 spiro atoms. The number of carbonyl (C=O) groups excluding carboxylic acids is 1. The lowest BCUT2D eigenvalue weighted by Crippen LogP contribution is -2.19. The van der Waals surface area contributed by atoms with Crippen molar-refractivity contribution in [2.24, 2.45) is 5.73 Å². The van der Waals surface area contributed by atoms with E-state index in [1.54, 1.807) is 6.20 Å². The quantitative estimate of drug-likeness (QED) is 0.835. The van der Waals surface area contributed by atoms with Gasteiger partial charge in [0.15, 0.2) is 0 Å². The number of benzene rings is 1. The molecule has 3 N–H and O–H groups in total. The largest absolute Gasteiger partial charge is 0.330 e. The van der Waals surface area contributed by atoms with Crippen LogP contribution in [0.25, 0.3) is 0 Å². The van der Waals surface area contributed by atoms with Crippen molar-refractivity contribution < 1.29 is 13.6 Å². The van der Waals surface area contributed by atoms with Gasteiger partial charge in [0.05, 0.1) is 11.4 Å². The van der Waals surface area contributed by atoms with Gasteiger partial charge in [-0.25, -0.2) is 13.5 Å². The van der Waals surface area contributed by atoms with Crippen LogP contribution in [-0.2, 0) is 17.8 Å². The highest BCUT2D eigenvalue weighted by molar-refractivity contribution is 5.90. The van der Waals surface area contributed by atoms with Crippen LogP contribution in [0.1, 0.15) is 12.1 Å². The first-order valence-corrected chi connectivity index (χ1v) is 6.42. The van der Waals surface area contributed by atoms with Gasteiger partial charge in [-0.05, 0) is 31.5 Å². The molecule has 21 heavy (non-hydrogen) atoms. The van der Waals surface area contributed by atoms with Crippen LogP contribution in [0.5, 0.6) is 0 Å². The maximum absolute atomic E-state index is 13.4. The zero-order chi connectivity index (χ0) is 15.2. The van der Waals surface area contributed by atoms with E-state index in [4.69, 9.17) is 5.73 Å². The molecule has 0 fully saturated rings. The third-order valence-corrected chi connectivity index (χ3v) is 2.73. The van der Waals surface area contributed by atoms with E-state index in [-0.39, 0.29) is 12.2 Å². The van der Waals surface area contributed by atoms with E-state index in [1.807, 2.05) is 0 Å². The molecule has 1 amide bonds. The van der Waals surface area contributed by atoms with Crippen LogP contribution < -0.4 is 11.1 Å². The number of halogens is 2. The van der Waals surface area contributed by atoms with E-state index in [2.05, 4.69) is 15.6 Å². The fourth-order valence-corrected chi connectivity index (χ4v) is 1.74. The zero-order valence-electron chi connectivity index (χ0n) is 11.2. The van der Waals surface area contributed by atoms with Gasteiger partial charge in [-0.1, -0.05) is 5.21 Å². The smallest absolute Gasteiger partial charge is 0.246 e. The van der Waals surface area contributed by atoms with E-state index < -0.39 is 17.5 Å². The predicted molar refractivity (Wildman–Crippen MR) is 72.4 cm³/mol. The predicted octanol–water partition coefficient (Wildman–Crippen LogP) is 1.09. The Bertz CT molecular complexity index is 629. The number of amides is 1. The molecular weight excluding hydrogens is 280 g/mol. The van der Waals surface area contributed by atoms with Crippen LogP contribution in [0.4, 0.5) is 14.5 Å². The number of rotatable bonds is 6. The Kier molecular flexibility index (Phi) is 4.94. The standard InChI is InChI=1S/C13H15F2N5O/c14-9-3-4-11(15)12(6-9)17-13(21)8-20-7-10(18-19-20)2-1-5-16/h3-4,6-7H,1-2,5,8,16H2,(H,17,21). The fraction of sp³-hybridized carbons (Fsp3) is 0.308. The number of anilines is 1. The number of aromatic nitrogens is 3. The number of carbonyl (C=O) groups is 1. The van der Waals surface area contributed by atoms with Crippen LogP contribution in [-0.4, -0.2) is 27.4 Å². The molecular formula is C13H15F2N5O. The Morgan fingerprint density at radius 1 is 1.38 bits per heavy atom. The normalized spacial score (nSPS) is 10.6. The summed E-state index contributed by atoms with van der Waals surface area (Å²) in [4.78, 5) is 11.8. The third kappa shape index (κ3) is 4.32. The number of hydrogen-bond donors (Lipinski definition) is 2. The van der Waals surface area contributed by atoms with Crippen LogP contribution in [0.15, 0.2) is 24.4 Å². The molecule has 0 saturated heterocycles. The fourth-order valence-electron chi connectivity index (χ4n) is 1.74. The maximum atomic E-state index is 13.4. The van der Waals surface area contributed by atoms with Gasteiger partial charge in [0.25, 0.3) is 0 Å². The molecule has 8 heteroatoms. The minimum absolute atomic E-state index is 0.133. The molecule has 1 heterocycles. The first kappa shape index (κ1) is 15.0. The third-order valence-electron chi connectivity index (χ3n) is 2.73. The van der Waals surface area contributed by atoms with Crippen LogP contribution in [0.3, 0.4) is 0 Å². The number of nitrogens with two attached hydrogens (primary N) is 1. The average molecular weight is 295 g/mol. The molecule has 2 rings (SSSR count). The van der Waals surface area contributed by atoms with E-state index in [9.17, 15) is 13.6 Å². The maximum Gasteiger partial charge on any atom is 0.246 e. The van der Waals surface area contributed by atoms with Gasteiger partial charge in [0, 0.05) is 12.3 Å². The van der Waals surface area contributed by atoms with E-state index in [0.29, 0.717) is 13.0 Å². The van der Waals surface area contributed by atoms with Gasteiger partial charge in [-0.3, -0.25) is 4.79 Å². The van der Waals surface area contributed by atoms with Crippen LogP contribution in [0.2, 0.25) is 0 Å². The van der Waals surface area contributed by atoms with Gasteiger partial charge < -0.3 is 11.1 Å². The summed E-state index contributed by atoms with van der Waals surface area (Å²) >= 11 is 0. The lowest BCUT2D eigenvalue weighted by molar-refractivity contribution is -0.116. The summed E-state index contributed by atoms with van der Waals surface area (Å²) < 4.78 is 27.7. The summed E-state index contributed by atoms with van der Waals surface area (Å²) in [5.74, 6) is -1.85. The van der Waals surface area contributed by atoms with E-state index >= 15 is 0 Å². The summed E-state index contributed by atoms with van der Waals surface area (Å²) in [6.45, 7) is 0.414. The summed E-state index contributed by atoms with van der Waals surface area (Å²) in [6, 6.07) is 2.85. The molecule has 6 nitrogen and oxygen atoms in total. The highest BCUT2D eigenvalue weighted by Gasteiger charge is 2.10. The van der Waals surface area contributed by atoms with Crippen molar-refractivity contribution >= 4 is 11.6 Å². The molecule has 0 aliphatic heterocycles. The molecule has 0 saturated carbocycles. The minimum Gasteiger partial charge on any atom is -0.330 e. The minimum atomic E-state index is -0.702. The number of hydrogen-bond acceptors (Lipinski definition) is 4. The molecule has 2 aromatic rings. The van der Waals surface area contributed by atoms with Gasteiger partial charge >= 0.3 is 0 Å². The van der Waals surface area contributed by atoms with Crippen LogP contribution in [0, 0.1) is 11.6 Å². The van der Waals surface area contributed by atoms with Crippen molar-refractivity contribution in [3.05, 3.63) is 41.7 Å². The molecule has 0 bridgehead atoms. The second kappa shape index (κ2) is 6.89. The lowest BCUT2D eigenvalue weighted by atomic mass is 10.2. The zero-order valence-corrected chi connectivity index (χ0v) is 11.2. The van der Waals surface area contributed by atoms with Crippen molar-refractivity contribution in [3.8, 4) is 0 Å². The van der Waals surface area contributed by atoms with E-state index in [1.165, 1.54) is 4.68 Å². The van der Waals surface area contributed by atoms with Crippen LogP contribution >= 0.6 is 0 Å². The van der Waals surface area contributed by atoms with Crippen molar-refractivity contribution in [1.29, 1.82) is 0 Å². The van der Waals surface area contributed by atoms with Crippen molar-refractivity contribution in [1.82, 2.24) is 15.0 Å². The Morgan fingerprint density at radius 3 is 2.95 bits per heavy atom. The molecule has 0 radical (unpaired) electrons. The summed E-state index contributed by atoms with van der Waals surface area (Å²) in [7, 11) is 0. The van der Waals surface area contributed by atoms with Gasteiger partial charge in [0.1, 0.15) is 18.2 Å². The monoisotopic (exact) mass is 295 g/mol. The summed E-state index contributed by atoms with van der Waals surface area (Å²) in [5, 5.41) is 9.97. The second-order valence-electron chi connectivity index (χ2n) is 4.47. The highest BCUT2D eigenvalue weighted by atomic mass is 19.1. The average Bonchev–Trinajstić information content (AvgIpc) is 2.88. The molecule has 0 aliphatic carbocycles. The van der Waals surface area contributed by atoms with E-state index in [0.717, 1.165) is 30.3 Å². The molecule has 0 unspecified atom stereocenters. The Hall–Kier alpha value is -2.35. The first-order chi connectivity index (χ1) is 10.1. The molecule has 0 atom stereocenters. The van der Waals surface area contributed by atoms with Gasteiger partial charge in [-0.2, -0.15) is 0 Å². The molecule has 0 aliphatic rings. The SMILES string of the molecule is NCCCc1cn(CC(=O)Nc2cc(F)ccc2F)nn1. The Morgan fingerprint density at radius 2 is 2.19 bits per heavy atom. The second-order valence-corrected chi connectivity index (χ2v) is 4.47. The van der Waals surface area contributed by atoms with Gasteiger partial charge in [-0.15, -0.1) is 5.10 Å². The topological polar surface area (TPSA) is 85.8 Å². The highest BCUT2D eigenvalue weighted by Crippen LogP contribution is 2.15. The first-order valence-electron chi connectivity index (χ1n) is 6.42. The summed E-state index contributed by atoms with van der Waals surface area (Å²) in [6.07, 6.45) is 3.08. The summed E-state index contributed by atoms with van der Waals surface area (Å²) in [5.41, 5.74) is 5.91.